The average molecular weight is 430 g/mol. The summed E-state index contributed by atoms with van der Waals surface area (Å²) in [5.41, 5.74) is 7.16. The number of hydrogen-bond acceptors (Lipinski definition) is 6. The van der Waals surface area contributed by atoms with Crippen LogP contribution in [0.25, 0.3) is 0 Å². The fourth-order valence-electron chi connectivity index (χ4n) is 3.82. The van der Waals surface area contributed by atoms with E-state index in [0.717, 1.165) is 30.6 Å². The molecule has 1 amide bonds. The first-order valence-corrected chi connectivity index (χ1v) is 9.66. The summed E-state index contributed by atoms with van der Waals surface area (Å²) in [6.45, 7) is 1.74. The van der Waals surface area contributed by atoms with E-state index in [9.17, 15) is 14.4 Å². The molecular formula is C22H26N2O7. The second-order valence-corrected chi connectivity index (χ2v) is 7.16. The zero-order chi connectivity index (χ0) is 23.0. The van der Waals surface area contributed by atoms with Gasteiger partial charge in [-0.25, -0.2) is 9.59 Å². The van der Waals surface area contributed by atoms with Crippen molar-refractivity contribution in [3.63, 3.8) is 0 Å². The van der Waals surface area contributed by atoms with Crippen LogP contribution in [0.3, 0.4) is 0 Å². The van der Waals surface area contributed by atoms with Gasteiger partial charge in [0.25, 0.3) is 0 Å². The summed E-state index contributed by atoms with van der Waals surface area (Å²) in [4.78, 5) is 32.1. The Balaban J connectivity index is 0.000000291. The van der Waals surface area contributed by atoms with Crippen LogP contribution in [0.15, 0.2) is 60.7 Å². The summed E-state index contributed by atoms with van der Waals surface area (Å²) in [5.74, 6) is -3.63. The van der Waals surface area contributed by atoms with Gasteiger partial charge in [-0.1, -0.05) is 60.7 Å². The highest BCUT2D eigenvalue weighted by Gasteiger charge is 2.48. The SMILES string of the molecule is NC(=O)C(c1ccccc1)(c1ccccc1)[C@@H]1CCNC1.O=C(O)C(O)C(O)C(=O)O. The van der Waals surface area contributed by atoms with Gasteiger partial charge in [0.1, 0.15) is 5.41 Å². The molecule has 1 fully saturated rings. The van der Waals surface area contributed by atoms with Gasteiger partial charge in [-0.15, -0.1) is 0 Å². The number of aliphatic hydroxyl groups is 2. The number of aliphatic carboxylic acids is 2. The molecule has 9 heteroatoms. The molecule has 166 valence electrons. The zero-order valence-corrected chi connectivity index (χ0v) is 16.7. The average Bonchev–Trinajstić information content (AvgIpc) is 3.30. The Kier molecular flexibility index (Phi) is 8.26. The van der Waals surface area contributed by atoms with Crippen molar-refractivity contribution in [2.45, 2.75) is 24.0 Å². The number of carboxylic acids is 2. The summed E-state index contributed by atoms with van der Waals surface area (Å²) in [7, 11) is 0. The third-order valence-corrected chi connectivity index (χ3v) is 5.32. The third-order valence-electron chi connectivity index (χ3n) is 5.32. The van der Waals surface area contributed by atoms with Crippen molar-refractivity contribution < 1.29 is 34.8 Å². The first kappa shape index (κ1) is 24.0. The summed E-state index contributed by atoms with van der Waals surface area (Å²) < 4.78 is 0. The highest BCUT2D eigenvalue weighted by molar-refractivity contribution is 5.91. The van der Waals surface area contributed by atoms with Gasteiger partial charge in [0.2, 0.25) is 5.91 Å². The molecule has 3 atom stereocenters. The van der Waals surface area contributed by atoms with Crippen LogP contribution in [-0.2, 0) is 19.8 Å². The molecule has 0 spiro atoms. The van der Waals surface area contributed by atoms with E-state index >= 15 is 0 Å². The maximum absolute atomic E-state index is 12.6. The number of nitrogens with one attached hydrogen (secondary N) is 1. The van der Waals surface area contributed by atoms with E-state index in [1.807, 2.05) is 60.7 Å². The lowest BCUT2D eigenvalue weighted by atomic mass is 9.65. The third kappa shape index (κ3) is 5.26. The minimum absolute atomic E-state index is 0.180. The molecule has 2 unspecified atom stereocenters. The first-order chi connectivity index (χ1) is 14.7. The molecule has 2 aromatic rings. The molecule has 3 rings (SSSR count). The van der Waals surface area contributed by atoms with Gasteiger partial charge in [-0.05, 0) is 36.6 Å². The van der Waals surface area contributed by atoms with Gasteiger partial charge in [0, 0.05) is 0 Å². The topological polar surface area (TPSA) is 170 Å². The summed E-state index contributed by atoms with van der Waals surface area (Å²) in [6, 6.07) is 19.9. The molecular weight excluding hydrogens is 404 g/mol. The van der Waals surface area contributed by atoms with Gasteiger partial charge in [-0.2, -0.15) is 0 Å². The Labute approximate surface area is 179 Å². The van der Waals surface area contributed by atoms with Crippen LogP contribution in [0.4, 0.5) is 0 Å². The number of carbonyl (C=O) groups excluding carboxylic acids is 1. The highest BCUT2D eigenvalue weighted by Crippen LogP contribution is 2.41. The maximum Gasteiger partial charge on any atom is 0.335 e. The quantitative estimate of drug-likeness (QED) is 0.355. The van der Waals surface area contributed by atoms with Crippen LogP contribution in [0.2, 0.25) is 0 Å². The predicted molar refractivity (Wildman–Crippen MR) is 111 cm³/mol. The molecule has 0 bridgehead atoms. The molecule has 0 saturated carbocycles. The number of nitrogens with two attached hydrogens (primary N) is 1. The molecule has 1 aliphatic heterocycles. The van der Waals surface area contributed by atoms with Crippen molar-refractivity contribution in [1.82, 2.24) is 5.32 Å². The van der Waals surface area contributed by atoms with Gasteiger partial charge in [-0.3, -0.25) is 4.79 Å². The fraction of sp³-hybridized carbons (Fsp3) is 0.318. The molecule has 0 aromatic heterocycles. The van der Waals surface area contributed by atoms with Crippen LogP contribution >= 0.6 is 0 Å². The molecule has 7 N–H and O–H groups in total. The Morgan fingerprint density at radius 2 is 1.29 bits per heavy atom. The molecule has 2 aromatic carbocycles. The van der Waals surface area contributed by atoms with E-state index in [4.69, 9.17) is 26.2 Å². The van der Waals surface area contributed by atoms with Crippen molar-refractivity contribution in [3.8, 4) is 0 Å². The van der Waals surface area contributed by atoms with Crippen molar-refractivity contribution in [2.24, 2.45) is 11.7 Å². The summed E-state index contributed by atoms with van der Waals surface area (Å²) >= 11 is 0. The van der Waals surface area contributed by atoms with Crippen LogP contribution in [0, 0.1) is 5.92 Å². The number of primary amides is 1. The number of amides is 1. The van der Waals surface area contributed by atoms with E-state index in [-0.39, 0.29) is 11.8 Å². The van der Waals surface area contributed by atoms with Crippen molar-refractivity contribution in [3.05, 3.63) is 71.8 Å². The largest absolute Gasteiger partial charge is 0.479 e. The Morgan fingerprint density at radius 3 is 1.58 bits per heavy atom. The number of hydrogen-bond donors (Lipinski definition) is 6. The first-order valence-electron chi connectivity index (χ1n) is 9.66. The Hall–Kier alpha value is -3.27. The van der Waals surface area contributed by atoms with E-state index in [1.165, 1.54) is 0 Å². The van der Waals surface area contributed by atoms with E-state index in [2.05, 4.69) is 5.32 Å². The molecule has 0 aliphatic carbocycles. The number of carboxylic acid groups (broad SMARTS) is 2. The molecule has 9 nitrogen and oxygen atoms in total. The van der Waals surface area contributed by atoms with E-state index in [0.29, 0.717) is 0 Å². The zero-order valence-electron chi connectivity index (χ0n) is 16.7. The predicted octanol–water partition coefficient (Wildman–Crippen LogP) is -0.0551. The second-order valence-electron chi connectivity index (χ2n) is 7.16. The Bertz CT molecular complexity index is 826. The van der Waals surface area contributed by atoms with Crippen LogP contribution in [0.5, 0.6) is 0 Å². The lowest BCUT2D eigenvalue weighted by Crippen LogP contribution is -2.49. The minimum Gasteiger partial charge on any atom is -0.479 e. The molecule has 0 radical (unpaired) electrons. The molecule has 31 heavy (non-hydrogen) atoms. The standard InChI is InChI=1S/C18H20N2O.C4H6O6/c19-17(21)18(16-11-12-20-13-16,14-7-3-1-4-8-14)15-9-5-2-6-10-15;5-1(3(7)8)2(6)4(9)10/h1-10,16,20H,11-13H2,(H2,19,21);1-2,5-6H,(H,7,8)(H,9,10)/t16-;/m1./s1. The number of rotatable bonds is 7. The summed E-state index contributed by atoms with van der Waals surface area (Å²) in [6.07, 6.45) is -3.58. The molecule has 1 aliphatic rings. The van der Waals surface area contributed by atoms with E-state index < -0.39 is 29.6 Å². The van der Waals surface area contributed by atoms with Gasteiger partial charge >= 0.3 is 11.9 Å². The Morgan fingerprint density at radius 1 is 0.871 bits per heavy atom. The van der Waals surface area contributed by atoms with Crippen molar-refractivity contribution >= 4 is 17.8 Å². The van der Waals surface area contributed by atoms with Crippen LogP contribution < -0.4 is 11.1 Å². The normalized spacial score (nSPS) is 17.7. The highest BCUT2D eigenvalue weighted by atomic mass is 16.4. The number of carbonyl (C=O) groups is 3. The smallest absolute Gasteiger partial charge is 0.335 e. The summed E-state index contributed by atoms with van der Waals surface area (Å²) in [5, 5.41) is 35.9. The lowest BCUT2D eigenvalue weighted by molar-refractivity contribution is -0.165. The van der Waals surface area contributed by atoms with Gasteiger partial charge in [0.05, 0.1) is 0 Å². The number of aliphatic hydroxyl groups excluding tert-OH is 2. The van der Waals surface area contributed by atoms with Crippen LogP contribution in [0.1, 0.15) is 17.5 Å². The molecule has 1 heterocycles. The fourth-order valence-corrected chi connectivity index (χ4v) is 3.82. The van der Waals surface area contributed by atoms with Crippen molar-refractivity contribution in [1.29, 1.82) is 0 Å². The lowest BCUT2D eigenvalue weighted by Gasteiger charge is -2.37. The second kappa shape index (κ2) is 10.7. The molecule has 1 saturated heterocycles. The van der Waals surface area contributed by atoms with E-state index in [1.54, 1.807) is 0 Å². The minimum atomic E-state index is -2.27. The maximum atomic E-state index is 12.6. The van der Waals surface area contributed by atoms with Crippen molar-refractivity contribution in [2.75, 3.05) is 13.1 Å². The van der Waals surface area contributed by atoms with Crippen LogP contribution in [-0.4, -0.2) is 63.6 Å². The van der Waals surface area contributed by atoms with Gasteiger partial charge in [0.15, 0.2) is 12.2 Å². The number of benzene rings is 2. The van der Waals surface area contributed by atoms with Gasteiger partial charge < -0.3 is 31.5 Å². The monoisotopic (exact) mass is 430 g/mol.